The number of carbonyl (C=O) groups excluding carboxylic acids is 1. The van der Waals surface area contributed by atoms with Gasteiger partial charge in [0.2, 0.25) is 5.91 Å². The minimum Gasteiger partial charge on any atom is -0.336 e. The zero-order valence-electron chi connectivity index (χ0n) is 12.6. The number of likely N-dealkylation sites (tertiary alicyclic amines) is 1. The largest absolute Gasteiger partial charge is 0.336 e. The number of fused-ring (bicyclic) bond motifs is 1. The number of rotatable bonds is 2. The van der Waals surface area contributed by atoms with E-state index in [1.165, 1.54) is 19.4 Å². The summed E-state index contributed by atoms with van der Waals surface area (Å²) in [6.45, 7) is 7.95. The van der Waals surface area contributed by atoms with Crippen LogP contribution in [0.1, 0.15) is 32.6 Å². The molecule has 0 spiro atoms. The lowest BCUT2D eigenvalue weighted by Gasteiger charge is -2.43. The van der Waals surface area contributed by atoms with Crippen LogP contribution in [0.4, 0.5) is 0 Å². The lowest BCUT2D eigenvalue weighted by molar-refractivity contribution is -0.138. The van der Waals surface area contributed by atoms with E-state index < -0.39 is 0 Å². The number of hydrogen-bond acceptors (Lipinski definition) is 4. The van der Waals surface area contributed by atoms with Gasteiger partial charge in [-0.1, -0.05) is 0 Å². The van der Waals surface area contributed by atoms with Gasteiger partial charge in [-0.25, -0.2) is 0 Å². The molecule has 3 heterocycles. The first-order valence-electron chi connectivity index (χ1n) is 8.15. The first-order valence-corrected chi connectivity index (χ1v) is 8.15. The fourth-order valence-corrected chi connectivity index (χ4v) is 3.93. The van der Waals surface area contributed by atoms with E-state index >= 15 is 0 Å². The van der Waals surface area contributed by atoms with Gasteiger partial charge < -0.3 is 10.6 Å². The second-order valence-electron chi connectivity index (χ2n) is 6.80. The summed E-state index contributed by atoms with van der Waals surface area (Å²) >= 11 is 0. The summed E-state index contributed by atoms with van der Waals surface area (Å²) < 4.78 is 0. The first-order chi connectivity index (χ1) is 9.63. The molecule has 0 aromatic heterocycles. The Kier molecular flexibility index (Phi) is 4.29. The highest BCUT2D eigenvalue weighted by Gasteiger charge is 2.36. The van der Waals surface area contributed by atoms with E-state index in [1.54, 1.807) is 0 Å². The number of nitrogens with zero attached hydrogens (tertiary/aromatic N) is 3. The Morgan fingerprint density at radius 3 is 2.65 bits per heavy atom. The van der Waals surface area contributed by atoms with Crippen LogP contribution in [0.5, 0.6) is 0 Å². The van der Waals surface area contributed by atoms with Gasteiger partial charge >= 0.3 is 0 Å². The van der Waals surface area contributed by atoms with Crippen LogP contribution in [0.2, 0.25) is 0 Å². The van der Waals surface area contributed by atoms with Gasteiger partial charge in [0, 0.05) is 44.3 Å². The standard InChI is InChI=1S/C15H28N4O/c1-12-9-18-6-2-3-14(18)10-19(12)15(20)11-17-7-4-13(16)5-8-17/h12-14H,2-11,16H2,1H3. The van der Waals surface area contributed by atoms with Crippen LogP contribution >= 0.6 is 0 Å². The highest BCUT2D eigenvalue weighted by atomic mass is 16.2. The molecule has 3 fully saturated rings. The van der Waals surface area contributed by atoms with Gasteiger partial charge in [-0.15, -0.1) is 0 Å². The van der Waals surface area contributed by atoms with Crippen molar-refractivity contribution in [2.75, 3.05) is 39.3 Å². The van der Waals surface area contributed by atoms with E-state index in [0.29, 0.717) is 30.6 Å². The second kappa shape index (κ2) is 6.00. The molecule has 5 heteroatoms. The van der Waals surface area contributed by atoms with E-state index in [4.69, 9.17) is 5.73 Å². The number of amides is 1. The molecule has 3 rings (SSSR count). The van der Waals surface area contributed by atoms with Crippen LogP contribution in [0.3, 0.4) is 0 Å². The zero-order chi connectivity index (χ0) is 14.1. The number of piperidine rings is 1. The van der Waals surface area contributed by atoms with Crippen molar-refractivity contribution in [1.82, 2.24) is 14.7 Å². The molecule has 0 aromatic rings. The third-order valence-corrected chi connectivity index (χ3v) is 5.25. The predicted octanol–water partition coefficient (Wildman–Crippen LogP) is 0.105. The summed E-state index contributed by atoms with van der Waals surface area (Å²) in [7, 11) is 0. The monoisotopic (exact) mass is 280 g/mol. The molecule has 3 saturated heterocycles. The summed E-state index contributed by atoms with van der Waals surface area (Å²) in [5.74, 6) is 0.319. The predicted molar refractivity (Wildman–Crippen MR) is 79.4 cm³/mol. The highest BCUT2D eigenvalue weighted by Crippen LogP contribution is 2.24. The van der Waals surface area contributed by atoms with Crippen molar-refractivity contribution < 1.29 is 4.79 Å². The van der Waals surface area contributed by atoms with E-state index in [9.17, 15) is 4.79 Å². The van der Waals surface area contributed by atoms with Gasteiger partial charge in [0.1, 0.15) is 0 Å². The van der Waals surface area contributed by atoms with Crippen molar-refractivity contribution in [2.45, 2.75) is 50.7 Å². The SMILES string of the molecule is CC1CN2CCCC2CN1C(=O)CN1CCC(N)CC1. The van der Waals surface area contributed by atoms with Crippen LogP contribution in [0.15, 0.2) is 0 Å². The topological polar surface area (TPSA) is 52.8 Å². The van der Waals surface area contributed by atoms with E-state index in [1.807, 2.05) is 0 Å². The van der Waals surface area contributed by atoms with Gasteiger partial charge in [-0.3, -0.25) is 14.6 Å². The molecular formula is C15H28N4O. The van der Waals surface area contributed by atoms with E-state index in [0.717, 1.165) is 39.0 Å². The second-order valence-corrected chi connectivity index (χ2v) is 6.80. The van der Waals surface area contributed by atoms with Crippen LogP contribution in [-0.4, -0.2) is 78.0 Å². The average molecular weight is 280 g/mol. The van der Waals surface area contributed by atoms with Crippen molar-refractivity contribution in [3.05, 3.63) is 0 Å². The van der Waals surface area contributed by atoms with Crippen LogP contribution in [0, 0.1) is 0 Å². The molecule has 3 aliphatic rings. The molecule has 0 bridgehead atoms. The number of piperazine rings is 1. The molecule has 0 aliphatic carbocycles. The summed E-state index contributed by atoms with van der Waals surface area (Å²) in [5, 5.41) is 0. The number of nitrogens with two attached hydrogens (primary N) is 1. The lowest BCUT2D eigenvalue weighted by atomic mass is 10.1. The third-order valence-electron chi connectivity index (χ3n) is 5.25. The van der Waals surface area contributed by atoms with Gasteiger partial charge in [-0.2, -0.15) is 0 Å². The normalized spacial score (nSPS) is 33.4. The van der Waals surface area contributed by atoms with Crippen molar-refractivity contribution in [3.63, 3.8) is 0 Å². The maximum atomic E-state index is 12.6. The maximum Gasteiger partial charge on any atom is 0.237 e. The molecule has 2 atom stereocenters. The van der Waals surface area contributed by atoms with Crippen LogP contribution < -0.4 is 5.73 Å². The van der Waals surface area contributed by atoms with Gasteiger partial charge in [0.25, 0.3) is 0 Å². The lowest BCUT2D eigenvalue weighted by Crippen LogP contribution is -2.58. The third kappa shape index (κ3) is 3.00. The highest BCUT2D eigenvalue weighted by molar-refractivity contribution is 5.78. The Bertz CT molecular complexity index is 354. The number of carbonyl (C=O) groups is 1. The van der Waals surface area contributed by atoms with Crippen molar-refractivity contribution in [2.24, 2.45) is 5.73 Å². The summed E-state index contributed by atoms with van der Waals surface area (Å²) in [4.78, 5) is 19.5. The summed E-state index contributed by atoms with van der Waals surface area (Å²) in [5.41, 5.74) is 5.92. The fraction of sp³-hybridized carbons (Fsp3) is 0.933. The van der Waals surface area contributed by atoms with Gasteiger partial charge in [0.05, 0.1) is 6.54 Å². The molecule has 5 nitrogen and oxygen atoms in total. The molecule has 114 valence electrons. The molecule has 3 aliphatic heterocycles. The molecule has 0 saturated carbocycles. The first kappa shape index (κ1) is 14.3. The molecule has 0 aromatic carbocycles. The smallest absolute Gasteiger partial charge is 0.237 e. The Labute approximate surface area is 122 Å². The van der Waals surface area contributed by atoms with E-state index in [2.05, 4.69) is 21.6 Å². The molecular weight excluding hydrogens is 252 g/mol. The molecule has 0 radical (unpaired) electrons. The quantitative estimate of drug-likeness (QED) is 0.780. The maximum absolute atomic E-state index is 12.6. The Morgan fingerprint density at radius 2 is 1.90 bits per heavy atom. The Hall–Kier alpha value is -0.650. The van der Waals surface area contributed by atoms with Gasteiger partial charge in [0.15, 0.2) is 0 Å². The van der Waals surface area contributed by atoms with Gasteiger partial charge in [-0.05, 0) is 39.2 Å². The van der Waals surface area contributed by atoms with Crippen molar-refractivity contribution in [1.29, 1.82) is 0 Å². The minimum atomic E-state index is 0.319. The Balaban J connectivity index is 1.53. The van der Waals surface area contributed by atoms with Crippen molar-refractivity contribution >= 4 is 5.91 Å². The molecule has 1 amide bonds. The van der Waals surface area contributed by atoms with Crippen LogP contribution in [0.25, 0.3) is 0 Å². The Morgan fingerprint density at radius 1 is 1.15 bits per heavy atom. The molecule has 20 heavy (non-hydrogen) atoms. The molecule has 2 N–H and O–H groups in total. The summed E-state index contributed by atoms with van der Waals surface area (Å²) in [6, 6.07) is 1.32. The minimum absolute atomic E-state index is 0.319. The van der Waals surface area contributed by atoms with Crippen molar-refractivity contribution in [3.8, 4) is 0 Å². The van der Waals surface area contributed by atoms with E-state index in [-0.39, 0.29) is 0 Å². The number of hydrogen-bond donors (Lipinski definition) is 1. The fourth-order valence-electron chi connectivity index (χ4n) is 3.93. The summed E-state index contributed by atoms with van der Waals surface area (Å²) in [6.07, 6.45) is 4.61. The van der Waals surface area contributed by atoms with Crippen LogP contribution in [-0.2, 0) is 4.79 Å². The zero-order valence-corrected chi connectivity index (χ0v) is 12.6. The molecule has 2 unspecified atom stereocenters. The average Bonchev–Trinajstić information content (AvgIpc) is 2.87.